The monoisotopic (exact) mass is 750 g/mol. The molecule has 0 radical (unpaired) electrons. The van der Waals surface area contributed by atoms with E-state index in [0.29, 0.717) is 5.52 Å². The molecule has 0 fully saturated rings. The van der Waals surface area contributed by atoms with Crippen LogP contribution in [-0.4, -0.2) is 9.13 Å². The summed E-state index contributed by atoms with van der Waals surface area (Å²) in [4.78, 5) is 15.0. The van der Waals surface area contributed by atoms with Crippen LogP contribution in [0.2, 0.25) is 0 Å². The van der Waals surface area contributed by atoms with Crippen LogP contribution in [0.1, 0.15) is 36.8 Å². The molecule has 51 heavy (non-hydrogen) atoms. The summed E-state index contributed by atoms with van der Waals surface area (Å²) in [5.41, 5.74) is 4.03. The van der Waals surface area contributed by atoms with Crippen LogP contribution in [-0.2, 0) is 0 Å². The van der Waals surface area contributed by atoms with E-state index in [0.717, 1.165) is 33.2 Å². The maximum Gasteiger partial charge on any atom is 0.280 e. The summed E-state index contributed by atoms with van der Waals surface area (Å²) in [5, 5.41) is 5.55. The molecule has 3 nitrogen and oxygen atoms in total. The maximum absolute atomic E-state index is 15.0. The third-order valence-electron chi connectivity index (χ3n) is 9.78. The number of fused-ring (bicyclic) bond motifs is 3. The van der Waals surface area contributed by atoms with Crippen LogP contribution < -0.4 is 38.5 Å². The fraction of sp³-hybridized carbons (Fsp3) is 0.0889. The molecule has 8 aromatic rings. The SMILES string of the molecule is CC(C)n1c(C(c2ccc(F)cc2)[P+](c2ccccc2)(c2ccccc2)c2ccccc2)cc2c3ccccc3n(-c3ccccc3)c(=O)c21.[Br-]. The lowest BCUT2D eigenvalue weighted by molar-refractivity contribution is -0.0000105. The van der Waals surface area contributed by atoms with Crippen molar-refractivity contribution in [2.45, 2.75) is 25.5 Å². The summed E-state index contributed by atoms with van der Waals surface area (Å²) in [6, 6.07) is 59.6. The molecule has 0 aliphatic heterocycles. The normalized spacial score (nSPS) is 12.2. The molecule has 1 unspecified atom stereocenters. The Morgan fingerprint density at radius 2 is 1.04 bits per heavy atom. The highest BCUT2D eigenvalue weighted by Crippen LogP contribution is 2.69. The van der Waals surface area contributed by atoms with Gasteiger partial charge in [0.25, 0.3) is 5.56 Å². The van der Waals surface area contributed by atoms with E-state index in [1.807, 2.05) is 65.2 Å². The molecule has 8 rings (SSSR count). The van der Waals surface area contributed by atoms with Crippen LogP contribution in [0.25, 0.3) is 27.5 Å². The molecule has 6 aromatic carbocycles. The van der Waals surface area contributed by atoms with Gasteiger partial charge in [0.05, 0.1) is 11.2 Å². The van der Waals surface area contributed by atoms with Crippen molar-refractivity contribution in [2.24, 2.45) is 0 Å². The lowest BCUT2D eigenvalue weighted by atomic mass is 10.1. The molecule has 252 valence electrons. The number of aromatic nitrogens is 2. The minimum absolute atomic E-state index is 0. The van der Waals surface area contributed by atoms with E-state index < -0.39 is 7.26 Å². The Hall–Kier alpha value is -5.09. The van der Waals surface area contributed by atoms with Crippen LogP contribution in [0, 0.1) is 5.82 Å². The summed E-state index contributed by atoms with van der Waals surface area (Å²) < 4.78 is 18.9. The van der Waals surface area contributed by atoms with Gasteiger partial charge in [-0.2, -0.15) is 0 Å². The Morgan fingerprint density at radius 1 is 0.569 bits per heavy atom. The molecule has 0 saturated heterocycles. The molecular formula is C45H37BrFN2OP. The fourth-order valence-electron chi connectivity index (χ4n) is 7.80. The maximum atomic E-state index is 15.0. The van der Waals surface area contributed by atoms with Crippen LogP contribution >= 0.6 is 7.26 Å². The van der Waals surface area contributed by atoms with Gasteiger partial charge in [-0.15, -0.1) is 0 Å². The average Bonchev–Trinajstić information content (AvgIpc) is 3.57. The molecule has 0 saturated carbocycles. The number of hydrogen-bond donors (Lipinski definition) is 0. The topological polar surface area (TPSA) is 26.9 Å². The van der Waals surface area contributed by atoms with E-state index >= 15 is 4.79 Å². The third-order valence-corrected chi connectivity index (χ3v) is 14.5. The van der Waals surface area contributed by atoms with Crippen LogP contribution in [0.3, 0.4) is 0 Å². The molecule has 6 heteroatoms. The summed E-state index contributed by atoms with van der Waals surface area (Å²) >= 11 is 0. The molecule has 2 aromatic heterocycles. The second-order valence-electron chi connectivity index (χ2n) is 13.0. The first-order valence-electron chi connectivity index (χ1n) is 17.0. The van der Waals surface area contributed by atoms with Crippen molar-refractivity contribution < 1.29 is 21.4 Å². The summed E-state index contributed by atoms with van der Waals surface area (Å²) in [6.45, 7) is 4.31. The molecule has 0 spiro atoms. The van der Waals surface area contributed by atoms with Gasteiger partial charge >= 0.3 is 0 Å². The second-order valence-corrected chi connectivity index (χ2v) is 16.5. The Labute approximate surface area is 308 Å². The highest BCUT2D eigenvalue weighted by molar-refractivity contribution is 7.96. The van der Waals surface area contributed by atoms with Crippen LogP contribution in [0.5, 0.6) is 0 Å². The largest absolute Gasteiger partial charge is 1.00 e. The molecular weight excluding hydrogens is 714 g/mol. The van der Waals surface area contributed by atoms with E-state index in [9.17, 15) is 4.39 Å². The predicted octanol–water partition coefficient (Wildman–Crippen LogP) is 6.75. The average molecular weight is 752 g/mol. The zero-order valence-corrected chi connectivity index (χ0v) is 30.9. The summed E-state index contributed by atoms with van der Waals surface area (Å²) in [5.74, 6) is -0.281. The van der Waals surface area contributed by atoms with E-state index in [-0.39, 0.29) is 40.1 Å². The standard InChI is InChI=1S/C45H37FN2OP.BrH/c1-32(2)47-42(31-40-39-25-15-16-26-41(39)48(45(49)43(40)47)35-17-7-3-8-18-35)44(33-27-29-34(46)30-28-33)50(36-19-9-4-10-20-36,37-21-11-5-12-22-37)38-23-13-6-14-24-38;/h3-32,44H,1-2H3;1H/q+1;/p-1. The first kappa shape index (κ1) is 34.4. The van der Waals surface area contributed by atoms with Crippen molar-refractivity contribution in [3.05, 3.63) is 203 Å². The van der Waals surface area contributed by atoms with E-state index in [1.54, 1.807) is 12.1 Å². The molecule has 0 aliphatic rings. The van der Waals surface area contributed by atoms with Crippen molar-refractivity contribution in [2.75, 3.05) is 0 Å². The minimum atomic E-state index is -2.64. The first-order valence-corrected chi connectivity index (χ1v) is 18.9. The van der Waals surface area contributed by atoms with Gasteiger partial charge in [-0.05, 0) is 92.2 Å². The van der Waals surface area contributed by atoms with Gasteiger partial charge in [0.2, 0.25) is 0 Å². The van der Waals surface area contributed by atoms with Crippen molar-refractivity contribution in [1.82, 2.24) is 9.13 Å². The Morgan fingerprint density at radius 3 is 1.55 bits per heavy atom. The number of nitrogens with zero attached hydrogens (tertiary/aromatic N) is 2. The van der Waals surface area contributed by atoms with Gasteiger partial charge in [-0.3, -0.25) is 9.36 Å². The Bertz CT molecular complexity index is 2380. The van der Waals surface area contributed by atoms with Gasteiger partial charge in [0.15, 0.2) is 0 Å². The number of para-hydroxylation sites is 2. The van der Waals surface area contributed by atoms with E-state index in [2.05, 4.69) is 122 Å². The lowest BCUT2D eigenvalue weighted by Gasteiger charge is -2.36. The summed E-state index contributed by atoms with van der Waals surface area (Å²) in [7, 11) is -2.64. The van der Waals surface area contributed by atoms with Crippen molar-refractivity contribution in [1.29, 1.82) is 0 Å². The molecule has 0 aliphatic carbocycles. The number of pyridine rings is 1. The zero-order valence-electron chi connectivity index (χ0n) is 28.4. The van der Waals surface area contributed by atoms with E-state index in [4.69, 9.17) is 0 Å². The smallest absolute Gasteiger partial charge is 0.280 e. The number of benzene rings is 6. The van der Waals surface area contributed by atoms with Gasteiger partial charge in [0, 0.05) is 22.5 Å². The zero-order chi connectivity index (χ0) is 34.2. The Balaban J connectivity index is 0.00000406. The van der Waals surface area contributed by atoms with Crippen molar-refractivity contribution >= 4 is 45.0 Å². The quantitative estimate of drug-likeness (QED) is 0.158. The number of halogens is 2. The molecule has 0 bridgehead atoms. The van der Waals surface area contributed by atoms with Crippen molar-refractivity contribution in [3.8, 4) is 5.69 Å². The predicted molar refractivity (Wildman–Crippen MR) is 209 cm³/mol. The molecule has 1 atom stereocenters. The van der Waals surface area contributed by atoms with Gasteiger partial charge < -0.3 is 21.5 Å². The number of hydrogen-bond acceptors (Lipinski definition) is 1. The first-order chi connectivity index (χ1) is 24.5. The van der Waals surface area contributed by atoms with Crippen molar-refractivity contribution in [3.63, 3.8) is 0 Å². The molecule has 0 amide bonds. The minimum Gasteiger partial charge on any atom is -1.00 e. The van der Waals surface area contributed by atoms with Gasteiger partial charge in [-0.1, -0.05) is 103 Å². The van der Waals surface area contributed by atoms with Gasteiger partial charge in [-0.25, -0.2) is 4.39 Å². The van der Waals surface area contributed by atoms with E-state index in [1.165, 1.54) is 15.9 Å². The fourth-order valence-corrected chi connectivity index (χ4v) is 12.7. The van der Waals surface area contributed by atoms with Crippen LogP contribution in [0.15, 0.2) is 181 Å². The van der Waals surface area contributed by atoms with Gasteiger partial charge in [0.1, 0.15) is 40.2 Å². The Kier molecular flexibility index (Phi) is 9.61. The van der Waals surface area contributed by atoms with Crippen LogP contribution in [0.4, 0.5) is 4.39 Å². The number of rotatable bonds is 8. The highest BCUT2D eigenvalue weighted by atomic mass is 79.9. The molecule has 2 heterocycles. The summed E-state index contributed by atoms with van der Waals surface area (Å²) in [6.07, 6.45) is 0. The highest BCUT2D eigenvalue weighted by Gasteiger charge is 2.55. The molecule has 0 N–H and O–H groups in total. The lowest BCUT2D eigenvalue weighted by Crippen LogP contribution is -3.00. The second kappa shape index (κ2) is 14.3. The third kappa shape index (κ3) is 5.75.